The summed E-state index contributed by atoms with van der Waals surface area (Å²) in [7, 11) is 3.18. The molecule has 3 nitrogen and oxygen atoms in total. The van der Waals surface area contributed by atoms with E-state index in [1.54, 1.807) is 26.4 Å². The molecule has 0 heterocycles. The summed E-state index contributed by atoms with van der Waals surface area (Å²) in [5, 5.41) is 0. The average Bonchev–Trinajstić information content (AvgIpc) is 2.26. The number of carbonyl (C=O) groups excluding carboxylic acids is 1. The molecule has 0 atom stereocenters. The third-order valence-corrected chi connectivity index (χ3v) is 2.28. The maximum absolute atomic E-state index is 10.7. The molecule has 0 aliphatic rings. The van der Waals surface area contributed by atoms with Crippen LogP contribution in [0.15, 0.2) is 12.1 Å². The van der Waals surface area contributed by atoms with E-state index in [2.05, 4.69) is 13.8 Å². The summed E-state index contributed by atoms with van der Waals surface area (Å²) in [6.45, 7) is 4.11. The predicted octanol–water partition coefficient (Wildman–Crippen LogP) is 2.64. The Balaban J connectivity index is 3.39. The lowest BCUT2D eigenvalue weighted by molar-refractivity contribution is 0.112. The fourth-order valence-electron chi connectivity index (χ4n) is 1.60. The van der Waals surface area contributed by atoms with Gasteiger partial charge in [-0.3, -0.25) is 4.79 Å². The number of ether oxygens (including phenoxy) is 2. The lowest BCUT2D eigenvalue weighted by atomic mass is 9.99. The second-order valence-corrected chi connectivity index (χ2v) is 3.61. The SMILES string of the molecule is COc1cc(C=O)cc(OC)c1C(C)C. The number of rotatable bonds is 4. The summed E-state index contributed by atoms with van der Waals surface area (Å²) < 4.78 is 10.5. The molecule has 1 aromatic rings. The molecule has 0 amide bonds. The molecular weight excluding hydrogens is 192 g/mol. The maximum Gasteiger partial charge on any atom is 0.150 e. The highest BCUT2D eigenvalue weighted by molar-refractivity contribution is 5.77. The van der Waals surface area contributed by atoms with Crippen molar-refractivity contribution in [2.45, 2.75) is 19.8 Å². The Morgan fingerprint density at radius 1 is 1.13 bits per heavy atom. The molecular formula is C12H16O3. The van der Waals surface area contributed by atoms with E-state index in [0.717, 1.165) is 11.8 Å². The van der Waals surface area contributed by atoms with Crippen LogP contribution >= 0.6 is 0 Å². The number of hydrogen-bond donors (Lipinski definition) is 0. The zero-order valence-electron chi connectivity index (χ0n) is 9.53. The first-order valence-electron chi connectivity index (χ1n) is 4.85. The van der Waals surface area contributed by atoms with E-state index in [1.165, 1.54) is 0 Å². The van der Waals surface area contributed by atoms with E-state index in [4.69, 9.17) is 9.47 Å². The summed E-state index contributed by atoms with van der Waals surface area (Å²) in [5.41, 5.74) is 1.55. The normalized spacial score (nSPS) is 10.2. The molecule has 1 aromatic carbocycles. The fourth-order valence-corrected chi connectivity index (χ4v) is 1.60. The molecule has 82 valence electrons. The van der Waals surface area contributed by atoms with Gasteiger partial charge < -0.3 is 9.47 Å². The minimum Gasteiger partial charge on any atom is -0.496 e. The molecule has 0 fully saturated rings. The molecule has 0 aromatic heterocycles. The van der Waals surface area contributed by atoms with Crippen LogP contribution in [0.5, 0.6) is 11.5 Å². The topological polar surface area (TPSA) is 35.5 Å². The smallest absolute Gasteiger partial charge is 0.150 e. The van der Waals surface area contributed by atoms with Crippen LogP contribution in [0.4, 0.5) is 0 Å². The largest absolute Gasteiger partial charge is 0.496 e. The second-order valence-electron chi connectivity index (χ2n) is 3.61. The number of aldehydes is 1. The van der Waals surface area contributed by atoms with Crippen LogP contribution in [-0.4, -0.2) is 20.5 Å². The van der Waals surface area contributed by atoms with E-state index in [0.29, 0.717) is 17.1 Å². The van der Waals surface area contributed by atoms with Crippen molar-refractivity contribution < 1.29 is 14.3 Å². The Kier molecular flexibility index (Phi) is 3.72. The van der Waals surface area contributed by atoms with Gasteiger partial charge in [0.1, 0.15) is 17.8 Å². The first-order valence-corrected chi connectivity index (χ1v) is 4.85. The Morgan fingerprint density at radius 2 is 1.60 bits per heavy atom. The quantitative estimate of drug-likeness (QED) is 0.713. The van der Waals surface area contributed by atoms with Crippen LogP contribution in [0.2, 0.25) is 0 Å². The number of hydrogen-bond acceptors (Lipinski definition) is 3. The number of methoxy groups -OCH3 is 2. The molecule has 0 bridgehead atoms. The zero-order valence-corrected chi connectivity index (χ0v) is 9.53. The van der Waals surface area contributed by atoms with Gasteiger partial charge in [0, 0.05) is 11.1 Å². The lowest BCUT2D eigenvalue weighted by Crippen LogP contribution is -2.00. The second kappa shape index (κ2) is 4.82. The van der Waals surface area contributed by atoms with Gasteiger partial charge in [-0.25, -0.2) is 0 Å². The average molecular weight is 208 g/mol. The van der Waals surface area contributed by atoms with Gasteiger partial charge in [-0.2, -0.15) is 0 Å². The van der Waals surface area contributed by atoms with Gasteiger partial charge in [0.25, 0.3) is 0 Å². The van der Waals surface area contributed by atoms with Crippen molar-refractivity contribution in [2.24, 2.45) is 0 Å². The van der Waals surface area contributed by atoms with Gasteiger partial charge in [0.05, 0.1) is 14.2 Å². The molecule has 0 N–H and O–H groups in total. The van der Waals surface area contributed by atoms with Crippen LogP contribution in [0.25, 0.3) is 0 Å². The molecule has 0 unspecified atom stereocenters. The number of benzene rings is 1. The van der Waals surface area contributed by atoms with Gasteiger partial charge in [-0.1, -0.05) is 13.8 Å². The minimum atomic E-state index is 0.288. The van der Waals surface area contributed by atoms with Crippen molar-refractivity contribution in [3.05, 3.63) is 23.3 Å². The molecule has 0 saturated heterocycles. The van der Waals surface area contributed by atoms with Crippen molar-refractivity contribution >= 4 is 6.29 Å². The van der Waals surface area contributed by atoms with Gasteiger partial charge in [-0.05, 0) is 18.1 Å². The van der Waals surface area contributed by atoms with Crippen LogP contribution in [0.3, 0.4) is 0 Å². The summed E-state index contributed by atoms with van der Waals surface area (Å²) in [6.07, 6.45) is 0.787. The van der Waals surface area contributed by atoms with Crippen molar-refractivity contribution in [1.29, 1.82) is 0 Å². The van der Waals surface area contributed by atoms with Crippen molar-refractivity contribution in [1.82, 2.24) is 0 Å². The standard InChI is InChI=1S/C12H16O3/c1-8(2)12-10(14-3)5-9(7-13)6-11(12)15-4/h5-8H,1-4H3. The molecule has 15 heavy (non-hydrogen) atoms. The Morgan fingerprint density at radius 3 is 1.87 bits per heavy atom. The third-order valence-electron chi connectivity index (χ3n) is 2.28. The van der Waals surface area contributed by atoms with Gasteiger partial charge in [0.15, 0.2) is 0 Å². The van der Waals surface area contributed by atoms with Crippen LogP contribution in [-0.2, 0) is 0 Å². The number of carbonyl (C=O) groups is 1. The fraction of sp³-hybridized carbons (Fsp3) is 0.417. The lowest BCUT2D eigenvalue weighted by Gasteiger charge is -2.16. The Hall–Kier alpha value is -1.51. The van der Waals surface area contributed by atoms with E-state index in [-0.39, 0.29) is 5.92 Å². The summed E-state index contributed by atoms with van der Waals surface area (Å²) in [4.78, 5) is 10.7. The molecule has 0 spiro atoms. The van der Waals surface area contributed by atoms with E-state index in [9.17, 15) is 4.79 Å². The molecule has 0 radical (unpaired) electrons. The van der Waals surface area contributed by atoms with Crippen molar-refractivity contribution in [2.75, 3.05) is 14.2 Å². The molecule has 3 heteroatoms. The predicted molar refractivity (Wildman–Crippen MR) is 59.0 cm³/mol. The molecule has 0 aliphatic carbocycles. The first-order chi connectivity index (χ1) is 7.13. The summed E-state index contributed by atoms with van der Waals surface area (Å²) in [5.74, 6) is 1.69. The highest BCUT2D eigenvalue weighted by atomic mass is 16.5. The first kappa shape index (κ1) is 11.6. The van der Waals surface area contributed by atoms with Gasteiger partial charge >= 0.3 is 0 Å². The molecule has 1 rings (SSSR count). The van der Waals surface area contributed by atoms with Crippen LogP contribution < -0.4 is 9.47 Å². The molecule has 0 saturated carbocycles. The molecule has 0 aliphatic heterocycles. The van der Waals surface area contributed by atoms with Crippen LogP contribution in [0, 0.1) is 0 Å². The third kappa shape index (κ3) is 2.29. The monoisotopic (exact) mass is 208 g/mol. The van der Waals surface area contributed by atoms with E-state index < -0.39 is 0 Å². The minimum absolute atomic E-state index is 0.288. The summed E-state index contributed by atoms with van der Waals surface area (Å²) in [6, 6.07) is 3.45. The van der Waals surface area contributed by atoms with Gasteiger partial charge in [-0.15, -0.1) is 0 Å². The maximum atomic E-state index is 10.7. The highest BCUT2D eigenvalue weighted by Crippen LogP contribution is 2.35. The Bertz CT molecular complexity index is 331. The van der Waals surface area contributed by atoms with Crippen molar-refractivity contribution in [3.63, 3.8) is 0 Å². The van der Waals surface area contributed by atoms with E-state index in [1.807, 2.05) is 0 Å². The van der Waals surface area contributed by atoms with Gasteiger partial charge in [0.2, 0.25) is 0 Å². The highest BCUT2D eigenvalue weighted by Gasteiger charge is 2.15. The van der Waals surface area contributed by atoms with Crippen molar-refractivity contribution in [3.8, 4) is 11.5 Å². The summed E-state index contributed by atoms with van der Waals surface area (Å²) >= 11 is 0. The van der Waals surface area contributed by atoms with E-state index >= 15 is 0 Å². The van der Waals surface area contributed by atoms with Crippen LogP contribution in [0.1, 0.15) is 35.7 Å². The Labute approximate surface area is 90.0 Å². The zero-order chi connectivity index (χ0) is 11.4.